The third-order valence-electron chi connectivity index (χ3n) is 2.26. The highest BCUT2D eigenvalue weighted by molar-refractivity contribution is 5.87. The van der Waals surface area contributed by atoms with E-state index < -0.39 is 5.97 Å². The summed E-state index contributed by atoms with van der Waals surface area (Å²) in [5, 5.41) is 20.6. The maximum absolute atomic E-state index is 10.7. The molecule has 88 valence electrons. The molecule has 0 atom stereocenters. The first-order valence-electron chi connectivity index (χ1n) is 5.38. The lowest BCUT2D eigenvalue weighted by molar-refractivity contribution is 0.0696. The topological polar surface area (TPSA) is 69.6 Å². The van der Waals surface area contributed by atoms with Gasteiger partial charge in [-0.15, -0.1) is 0 Å². The van der Waals surface area contributed by atoms with E-state index in [9.17, 15) is 4.79 Å². The highest BCUT2D eigenvalue weighted by Crippen LogP contribution is 2.05. The Morgan fingerprint density at radius 1 is 1.31 bits per heavy atom. The zero-order chi connectivity index (χ0) is 11.8. The van der Waals surface area contributed by atoms with E-state index in [1.807, 2.05) is 6.07 Å². The second-order valence-electron chi connectivity index (χ2n) is 3.61. The van der Waals surface area contributed by atoms with Crippen molar-refractivity contribution in [2.24, 2.45) is 0 Å². The summed E-state index contributed by atoms with van der Waals surface area (Å²) in [6.45, 7) is 1.71. The maximum atomic E-state index is 10.7. The van der Waals surface area contributed by atoms with E-state index in [0.29, 0.717) is 12.1 Å². The molecule has 0 radical (unpaired) electrons. The fraction of sp³-hybridized carbons (Fsp3) is 0.417. The van der Waals surface area contributed by atoms with Crippen LogP contribution < -0.4 is 5.32 Å². The smallest absolute Gasteiger partial charge is 0.335 e. The molecule has 4 nitrogen and oxygen atoms in total. The minimum Gasteiger partial charge on any atom is -0.478 e. The first-order chi connectivity index (χ1) is 7.74. The number of aliphatic hydroxyl groups is 1. The van der Waals surface area contributed by atoms with Crippen molar-refractivity contribution in [3.05, 3.63) is 35.4 Å². The van der Waals surface area contributed by atoms with Crippen LogP contribution in [0, 0.1) is 0 Å². The molecule has 0 aromatic heterocycles. The molecule has 0 amide bonds. The lowest BCUT2D eigenvalue weighted by Gasteiger charge is -2.05. The first-order valence-corrected chi connectivity index (χ1v) is 5.38. The summed E-state index contributed by atoms with van der Waals surface area (Å²) in [7, 11) is 0. The van der Waals surface area contributed by atoms with Gasteiger partial charge in [0.2, 0.25) is 0 Å². The van der Waals surface area contributed by atoms with Gasteiger partial charge in [0, 0.05) is 13.2 Å². The van der Waals surface area contributed by atoms with E-state index >= 15 is 0 Å². The van der Waals surface area contributed by atoms with Gasteiger partial charge in [-0.1, -0.05) is 12.1 Å². The van der Waals surface area contributed by atoms with Gasteiger partial charge in [0.15, 0.2) is 0 Å². The fourth-order valence-electron chi connectivity index (χ4n) is 1.41. The minimum absolute atomic E-state index is 0.218. The largest absolute Gasteiger partial charge is 0.478 e. The van der Waals surface area contributed by atoms with Gasteiger partial charge in [-0.2, -0.15) is 0 Å². The number of hydrogen-bond donors (Lipinski definition) is 3. The van der Waals surface area contributed by atoms with Crippen molar-refractivity contribution < 1.29 is 15.0 Å². The normalized spacial score (nSPS) is 10.3. The second-order valence-corrected chi connectivity index (χ2v) is 3.61. The Morgan fingerprint density at radius 3 is 2.81 bits per heavy atom. The SMILES string of the molecule is O=C(O)c1cccc(CNCCCCO)c1. The Hall–Kier alpha value is -1.39. The summed E-state index contributed by atoms with van der Waals surface area (Å²) in [5.41, 5.74) is 1.28. The third kappa shape index (κ3) is 4.42. The second kappa shape index (κ2) is 6.98. The van der Waals surface area contributed by atoms with E-state index in [0.717, 1.165) is 24.9 Å². The number of carboxylic acids is 1. The number of carboxylic acid groups (broad SMARTS) is 1. The molecule has 4 heteroatoms. The molecule has 3 N–H and O–H groups in total. The minimum atomic E-state index is -0.901. The molecule has 0 saturated heterocycles. The molecule has 1 aromatic carbocycles. The van der Waals surface area contributed by atoms with Gasteiger partial charge in [-0.25, -0.2) is 4.79 Å². The van der Waals surface area contributed by atoms with Gasteiger partial charge in [-0.05, 0) is 37.1 Å². The molecule has 1 rings (SSSR count). The third-order valence-corrected chi connectivity index (χ3v) is 2.26. The van der Waals surface area contributed by atoms with Crippen molar-refractivity contribution in [2.75, 3.05) is 13.2 Å². The summed E-state index contributed by atoms with van der Waals surface area (Å²) in [6, 6.07) is 6.89. The van der Waals surface area contributed by atoms with E-state index in [4.69, 9.17) is 10.2 Å². The molecular formula is C12H17NO3. The molecule has 0 aliphatic heterocycles. The monoisotopic (exact) mass is 223 g/mol. The Morgan fingerprint density at radius 2 is 2.12 bits per heavy atom. The van der Waals surface area contributed by atoms with E-state index in [1.165, 1.54) is 0 Å². The fourth-order valence-corrected chi connectivity index (χ4v) is 1.41. The Kier molecular flexibility index (Phi) is 5.53. The number of benzene rings is 1. The summed E-state index contributed by atoms with van der Waals surface area (Å²) in [5.74, 6) is -0.901. The molecule has 0 heterocycles. The van der Waals surface area contributed by atoms with Crippen molar-refractivity contribution in [3.63, 3.8) is 0 Å². The lowest BCUT2D eigenvalue weighted by atomic mass is 10.1. The van der Waals surface area contributed by atoms with E-state index in [2.05, 4.69) is 5.32 Å². The van der Waals surface area contributed by atoms with Gasteiger partial charge >= 0.3 is 5.97 Å². The van der Waals surface area contributed by atoms with Crippen molar-refractivity contribution in [1.82, 2.24) is 5.32 Å². The Labute approximate surface area is 94.9 Å². The average Bonchev–Trinajstić information content (AvgIpc) is 2.29. The van der Waals surface area contributed by atoms with Crippen LogP contribution in [-0.2, 0) is 6.54 Å². The Balaban J connectivity index is 2.36. The van der Waals surface area contributed by atoms with E-state index in [1.54, 1.807) is 18.2 Å². The predicted octanol–water partition coefficient (Wildman–Crippen LogP) is 1.25. The standard InChI is InChI=1S/C12H17NO3/c14-7-2-1-6-13-9-10-4-3-5-11(8-10)12(15)16/h3-5,8,13-14H,1-2,6-7,9H2,(H,15,16). The molecule has 16 heavy (non-hydrogen) atoms. The molecule has 0 unspecified atom stereocenters. The Bertz CT molecular complexity index is 339. The summed E-state index contributed by atoms with van der Waals surface area (Å²) >= 11 is 0. The highest BCUT2D eigenvalue weighted by atomic mass is 16.4. The van der Waals surface area contributed by atoms with Crippen molar-refractivity contribution >= 4 is 5.97 Å². The van der Waals surface area contributed by atoms with Gasteiger partial charge in [0.25, 0.3) is 0 Å². The number of hydrogen-bond acceptors (Lipinski definition) is 3. The lowest BCUT2D eigenvalue weighted by Crippen LogP contribution is -2.15. The summed E-state index contributed by atoms with van der Waals surface area (Å²) in [4.78, 5) is 10.7. The van der Waals surface area contributed by atoms with Crippen molar-refractivity contribution in [1.29, 1.82) is 0 Å². The maximum Gasteiger partial charge on any atom is 0.335 e. The van der Waals surface area contributed by atoms with Gasteiger partial charge in [0.05, 0.1) is 5.56 Å². The molecule has 0 saturated carbocycles. The summed E-state index contributed by atoms with van der Waals surface area (Å²) < 4.78 is 0. The van der Waals surface area contributed by atoms with Crippen LogP contribution in [0.3, 0.4) is 0 Å². The zero-order valence-electron chi connectivity index (χ0n) is 9.15. The van der Waals surface area contributed by atoms with Crippen LogP contribution in [-0.4, -0.2) is 29.3 Å². The van der Waals surface area contributed by atoms with Crippen LogP contribution >= 0.6 is 0 Å². The van der Waals surface area contributed by atoms with Gasteiger partial charge < -0.3 is 15.5 Å². The average molecular weight is 223 g/mol. The zero-order valence-corrected chi connectivity index (χ0v) is 9.15. The number of nitrogens with one attached hydrogen (secondary N) is 1. The molecule has 0 fully saturated rings. The molecule has 1 aromatic rings. The van der Waals surface area contributed by atoms with Gasteiger partial charge in [0.1, 0.15) is 0 Å². The number of rotatable bonds is 7. The van der Waals surface area contributed by atoms with Crippen LogP contribution in [0.15, 0.2) is 24.3 Å². The number of carbonyl (C=O) groups is 1. The van der Waals surface area contributed by atoms with Crippen LogP contribution in [0.5, 0.6) is 0 Å². The van der Waals surface area contributed by atoms with Gasteiger partial charge in [-0.3, -0.25) is 0 Å². The summed E-state index contributed by atoms with van der Waals surface area (Å²) in [6.07, 6.45) is 1.72. The van der Waals surface area contributed by atoms with Crippen molar-refractivity contribution in [2.45, 2.75) is 19.4 Å². The molecule has 0 aliphatic carbocycles. The van der Waals surface area contributed by atoms with Crippen LogP contribution in [0.1, 0.15) is 28.8 Å². The van der Waals surface area contributed by atoms with Crippen LogP contribution in [0.25, 0.3) is 0 Å². The van der Waals surface area contributed by atoms with E-state index in [-0.39, 0.29) is 6.61 Å². The van der Waals surface area contributed by atoms with Crippen molar-refractivity contribution in [3.8, 4) is 0 Å². The highest BCUT2D eigenvalue weighted by Gasteiger charge is 2.02. The molecule has 0 spiro atoms. The molecule has 0 bridgehead atoms. The quantitative estimate of drug-likeness (QED) is 0.608. The number of aliphatic hydroxyl groups excluding tert-OH is 1. The predicted molar refractivity (Wildman–Crippen MR) is 61.4 cm³/mol. The molecule has 0 aliphatic rings. The molecular weight excluding hydrogens is 206 g/mol. The number of aromatic carboxylic acids is 1. The first kappa shape index (κ1) is 12.7. The van der Waals surface area contributed by atoms with Crippen LogP contribution in [0.4, 0.5) is 0 Å². The number of unbranched alkanes of at least 4 members (excludes halogenated alkanes) is 1. The van der Waals surface area contributed by atoms with Crippen LogP contribution in [0.2, 0.25) is 0 Å².